The van der Waals surface area contributed by atoms with Gasteiger partial charge in [0.25, 0.3) is 0 Å². The highest BCUT2D eigenvalue weighted by Gasteiger charge is 2.33. The van der Waals surface area contributed by atoms with Gasteiger partial charge < -0.3 is 15.2 Å². The largest absolute Gasteiger partial charge is 0.478 e. The van der Waals surface area contributed by atoms with Crippen LogP contribution in [-0.4, -0.2) is 22.6 Å². The molecule has 19 heavy (non-hydrogen) atoms. The zero-order valence-corrected chi connectivity index (χ0v) is 12.0. The van der Waals surface area contributed by atoms with Gasteiger partial charge in [0.2, 0.25) is 5.91 Å². The van der Waals surface area contributed by atoms with E-state index in [4.69, 9.17) is 4.74 Å². The Kier molecular flexibility index (Phi) is 3.64. The summed E-state index contributed by atoms with van der Waals surface area (Å²) in [5, 5.41) is 12.5. The van der Waals surface area contributed by atoms with Crippen LogP contribution in [0.25, 0.3) is 0 Å². The fraction of sp³-hybridized carbons (Fsp3) is 0.538. The first-order valence-electron chi connectivity index (χ1n) is 6.15. The first-order valence-corrected chi connectivity index (χ1v) is 6.97. The maximum absolute atomic E-state index is 11.5. The lowest BCUT2D eigenvalue weighted by Gasteiger charge is -2.30. The van der Waals surface area contributed by atoms with Crippen molar-refractivity contribution in [3.63, 3.8) is 0 Å². The van der Waals surface area contributed by atoms with Crippen LogP contribution in [0.3, 0.4) is 0 Å². The minimum atomic E-state index is -0.999. The smallest absolute Gasteiger partial charge is 0.339 e. The fourth-order valence-corrected chi connectivity index (χ4v) is 3.22. The van der Waals surface area contributed by atoms with Crippen molar-refractivity contribution in [2.75, 3.05) is 5.32 Å². The maximum atomic E-state index is 11.5. The van der Waals surface area contributed by atoms with Gasteiger partial charge in [-0.1, -0.05) is 6.92 Å². The average molecular weight is 283 g/mol. The zero-order valence-electron chi connectivity index (χ0n) is 11.2. The number of thiophene rings is 1. The van der Waals surface area contributed by atoms with Gasteiger partial charge in [0.1, 0.15) is 5.00 Å². The minimum Gasteiger partial charge on any atom is -0.478 e. The molecule has 1 aromatic heterocycles. The first-order chi connectivity index (χ1) is 8.84. The molecule has 1 aliphatic rings. The van der Waals surface area contributed by atoms with Crippen LogP contribution in [0.1, 0.15) is 48.0 Å². The minimum absolute atomic E-state index is 0.179. The van der Waals surface area contributed by atoms with Gasteiger partial charge in [0.05, 0.1) is 17.8 Å². The van der Waals surface area contributed by atoms with E-state index >= 15 is 0 Å². The molecule has 1 amide bonds. The number of hydrogen-bond acceptors (Lipinski definition) is 4. The number of ether oxygens (including phenoxy) is 1. The van der Waals surface area contributed by atoms with Crippen LogP contribution in [0.5, 0.6) is 0 Å². The molecule has 0 saturated carbocycles. The third-order valence-corrected chi connectivity index (χ3v) is 4.20. The Hall–Kier alpha value is -1.40. The number of nitrogens with one attached hydrogen (secondary N) is 1. The lowest BCUT2D eigenvalue weighted by Crippen LogP contribution is -2.31. The van der Waals surface area contributed by atoms with Crippen LogP contribution in [-0.2, 0) is 22.6 Å². The highest BCUT2D eigenvalue weighted by Crippen LogP contribution is 2.40. The molecule has 0 bridgehead atoms. The lowest BCUT2D eigenvalue weighted by atomic mass is 9.93. The van der Waals surface area contributed by atoms with Crippen LogP contribution >= 0.6 is 11.3 Å². The maximum Gasteiger partial charge on any atom is 0.339 e. The van der Waals surface area contributed by atoms with Crippen molar-refractivity contribution >= 4 is 28.2 Å². The standard InChI is InChI=1S/C13H17NO4S/c1-4-9(15)14-11-10(12(16)17)7-5-13(2,3)18-6-8(7)19-11/h4-6H2,1-3H3,(H,14,15)(H,16,17). The quantitative estimate of drug-likeness (QED) is 0.894. The molecule has 2 rings (SSSR count). The van der Waals surface area contributed by atoms with E-state index < -0.39 is 5.97 Å². The Morgan fingerprint density at radius 2 is 2.16 bits per heavy atom. The summed E-state index contributed by atoms with van der Waals surface area (Å²) in [6.07, 6.45) is 0.867. The number of hydrogen-bond donors (Lipinski definition) is 2. The number of amides is 1. The topological polar surface area (TPSA) is 75.6 Å². The molecule has 0 spiro atoms. The summed E-state index contributed by atoms with van der Waals surface area (Å²) in [5.41, 5.74) is 0.642. The number of aromatic carboxylic acids is 1. The van der Waals surface area contributed by atoms with Gasteiger partial charge in [-0.05, 0) is 19.4 Å². The van der Waals surface area contributed by atoms with E-state index in [2.05, 4.69) is 5.32 Å². The van der Waals surface area contributed by atoms with E-state index in [9.17, 15) is 14.7 Å². The van der Waals surface area contributed by atoms with Crippen LogP contribution in [0.15, 0.2) is 0 Å². The monoisotopic (exact) mass is 283 g/mol. The van der Waals surface area contributed by atoms with Gasteiger partial charge in [0.15, 0.2) is 0 Å². The van der Waals surface area contributed by atoms with Crippen LogP contribution in [0, 0.1) is 0 Å². The SMILES string of the molecule is CCC(=O)Nc1sc2c(c1C(=O)O)CC(C)(C)OC2. The highest BCUT2D eigenvalue weighted by atomic mass is 32.1. The number of carbonyl (C=O) groups excluding carboxylic acids is 1. The van der Waals surface area contributed by atoms with Crippen LogP contribution in [0.4, 0.5) is 5.00 Å². The molecule has 0 unspecified atom stereocenters. The molecule has 6 heteroatoms. The molecule has 0 radical (unpaired) electrons. The number of carboxylic acid groups (broad SMARTS) is 1. The number of anilines is 1. The molecular formula is C13H17NO4S. The summed E-state index contributed by atoms with van der Waals surface area (Å²) in [6, 6.07) is 0. The summed E-state index contributed by atoms with van der Waals surface area (Å²) in [6.45, 7) is 6.00. The van der Waals surface area contributed by atoms with E-state index in [0.29, 0.717) is 24.4 Å². The highest BCUT2D eigenvalue weighted by molar-refractivity contribution is 7.17. The molecule has 0 aromatic carbocycles. The van der Waals surface area contributed by atoms with Crippen molar-refractivity contribution in [3.05, 3.63) is 16.0 Å². The molecule has 104 valence electrons. The van der Waals surface area contributed by atoms with E-state index in [-0.39, 0.29) is 17.1 Å². The van der Waals surface area contributed by atoms with Gasteiger partial charge in [-0.3, -0.25) is 4.79 Å². The van der Waals surface area contributed by atoms with E-state index in [1.807, 2.05) is 13.8 Å². The van der Waals surface area contributed by atoms with Crippen molar-refractivity contribution in [2.24, 2.45) is 0 Å². The molecule has 1 aliphatic heterocycles. The fourth-order valence-electron chi connectivity index (χ4n) is 2.08. The van der Waals surface area contributed by atoms with Gasteiger partial charge in [-0.2, -0.15) is 0 Å². The molecule has 1 aromatic rings. The van der Waals surface area contributed by atoms with Gasteiger partial charge in [-0.25, -0.2) is 4.79 Å². The van der Waals surface area contributed by atoms with E-state index in [1.165, 1.54) is 11.3 Å². The Morgan fingerprint density at radius 3 is 2.74 bits per heavy atom. The second-order valence-corrected chi connectivity index (χ2v) is 6.25. The number of rotatable bonds is 3. The Morgan fingerprint density at radius 1 is 1.47 bits per heavy atom. The molecule has 0 saturated heterocycles. The van der Waals surface area contributed by atoms with Gasteiger partial charge in [0, 0.05) is 17.7 Å². The van der Waals surface area contributed by atoms with Gasteiger partial charge >= 0.3 is 5.97 Å². The van der Waals surface area contributed by atoms with E-state index in [0.717, 1.165) is 10.4 Å². The second-order valence-electron chi connectivity index (χ2n) is 5.14. The Labute approximate surface area is 115 Å². The van der Waals surface area contributed by atoms with Crippen molar-refractivity contribution < 1.29 is 19.4 Å². The number of carboxylic acids is 1. The van der Waals surface area contributed by atoms with Crippen molar-refractivity contribution in [1.82, 2.24) is 0 Å². The van der Waals surface area contributed by atoms with Gasteiger partial charge in [-0.15, -0.1) is 11.3 Å². The van der Waals surface area contributed by atoms with Crippen LogP contribution < -0.4 is 5.32 Å². The zero-order chi connectivity index (χ0) is 14.2. The van der Waals surface area contributed by atoms with Crippen molar-refractivity contribution in [2.45, 2.75) is 45.8 Å². The molecule has 2 N–H and O–H groups in total. The second kappa shape index (κ2) is 4.94. The molecule has 0 fully saturated rings. The predicted molar refractivity (Wildman–Crippen MR) is 72.8 cm³/mol. The Balaban J connectivity index is 2.44. The normalized spacial score (nSPS) is 16.8. The predicted octanol–water partition coefficient (Wildman–Crippen LogP) is 2.65. The summed E-state index contributed by atoms with van der Waals surface area (Å²) in [7, 11) is 0. The molecule has 0 aliphatic carbocycles. The van der Waals surface area contributed by atoms with Crippen molar-refractivity contribution in [3.8, 4) is 0 Å². The van der Waals surface area contributed by atoms with E-state index in [1.54, 1.807) is 6.92 Å². The molecule has 0 atom stereocenters. The average Bonchev–Trinajstić information content (AvgIpc) is 2.64. The summed E-state index contributed by atoms with van der Waals surface area (Å²) in [4.78, 5) is 23.8. The van der Waals surface area contributed by atoms with Crippen molar-refractivity contribution in [1.29, 1.82) is 0 Å². The first kappa shape index (κ1) is 14.0. The third-order valence-electron chi connectivity index (χ3n) is 3.08. The summed E-state index contributed by atoms with van der Waals surface area (Å²) >= 11 is 1.30. The molecule has 2 heterocycles. The lowest BCUT2D eigenvalue weighted by molar-refractivity contribution is -0.115. The number of fused-ring (bicyclic) bond motifs is 1. The number of carbonyl (C=O) groups is 2. The summed E-state index contributed by atoms with van der Waals surface area (Å²) in [5.74, 6) is -1.18. The molecular weight excluding hydrogens is 266 g/mol. The Bertz CT molecular complexity index is 533. The van der Waals surface area contributed by atoms with Crippen LogP contribution in [0.2, 0.25) is 0 Å². The molecule has 5 nitrogen and oxygen atoms in total. The third kappa shape index (κ3) is 2.79. The summed E-state index contributed by atoms with van der Waals surface area (Å²) < 4.78 is 5.68.